The van der Waals surface area contributed by atoms with E-state index >= 15 is 0 Å². The SMILES string of the molecule is CCC1CCCN(C(=O)Nc2nc(CS(C)(=O)=O)no2)CC1. The van der Waals surface area contributed by atoms with Gasteiger partial charge in [0.25, 0.3) is 0 Å². The van der Waals surface area contributed by atoms with Gasteiger partial charge < -0.3 is 9.42 Å². The zero-order valence-electron chi connectivity index (χ0n) is 12.9. The fourth-order valence-corrected chi connectivity index (χ4v) is 3.13. The first kappa shape index (κ1) is 16.7. The smallest absolute Gasteiger partial charge is 0.324 e. The Kier molecular flexibility index (Phi) is 5.38. The molecule has 124 valence electrons. The predicted octanol–water partition coefficient (Wildman–Crippen LogP) is 1.66. The van der Waals surface area contributed by atoms with Gasteiger partial charge in [0.2, 0.25) is 0 Å². The molecule has 1 aliphatic rings. The molecule has 1 atom stereocenters. The maximum absolute atomic E-state index is 12.2. The molecule has 2 heterocycles. The van der Waals surface area contributed by atoms with Crippen molar-refractivity contribution in [2.45, 2.75) is 38.4 Å². The van der Waals surface area contributed by atoms with E-state index in [9.17, 15) is 13.2 Å². The topological polar surface area (TPSA) is 105 Å². The van der Waals surface area contributed by atoms with E-state index in [1.165, 1.54) is 0 Å². The zero-order valence-corrected chi connectivity index (χ0v) is 13.7. The molecule has 1 aromatic rings. The van der Waals surface area contributed by atoms with Gasteiger partial charge in [-0.3, -0.25) is 5.32 Å². The molecule has 0 bridgehead atoms. The lowest BCUT2D eigenvalue weighted by molar-refractivity contribution is 0.212. The number of hydrogen-bond acceptors (Lipinski definition) is 6. The Morgan fingerprint density at radius 1 is 1.41 bits per heavy atom. The fraction of sp³-hybridized carbons (Fsp3) is 0.769. The first-order valence-electron chi connectivity index (χ1n) is 7.43. The Morgan fingerprint density at radius 2 is 2.18 bits per heavy atom. The Hall–Kier alpha value is -1.64. The summed E-state index contributed by atoms with van der Waals surface area (Å²) in [6.07, 6.45) is 5.33. The van der Waals surface area contributed by atoms with Crippen molar-refractivity contribution in [3.05, 3.63) is 5.82 Å². The Balaban J connectivity index is 1.91. The first-order chi connectivity index (χ1) is 10.4. The average Bonchev–Trinajstić information content (AvgIpc) is 2.72. The predicted molar refractivity (Wildman–Crippen MR) is 81.1 cm³/mol. The lowest BCUT2D eigenvalue weighted by Gasteiger charge is -2.19. The maximum Gasteiger partial charge on any atom is 0.329 e. The van der Waals surface area contributed by atoms with Crippen molar-refractivity contribution in [2.75, 3.05) is 24.7 Å². The summed E-state index contributed by atoms with van der Waals surface area (Å²) >= 11 is 0. The number of amides is 2. The Bertz CT molecular complexity index is 613. The largest absolute Gasteiger partial charge is 0.329 e. The molecule has 0 spiro atoms. The number of anilines is 1. The molecule has 0 saturated carbocycles. The number of rotatable bonds is 4. The van der Waals surface area contributed by atoms with Crippen LogP contribution in [-0.2, 0) is 15.6 Å². The molecular formula is C13H22N4O4S. The number of carbonyl (C=O) groups excluding carboxylic acids is 1. The quantitative estimate of drug-likeness (QED) is 0.900. The first-order valence-corrected chi connectivity index (χ1v) is 9.49. The van der Waals surface area contributed by atoms with E-state index in [0.717, 1.165) is 31.9 Å². The minimum absolute atomic E-state index is 0.0414. The number of hydrogen-bond donors (Lipinski definition) is 1. The van der Waals surface area contributed by atoms with Gasteiger partial charge in [-0.2, -0.15) is 4.98 Å². The highest BCUT2D eigenvalue weighted by Gasteiger charge is 2.21. The number of nitrogens with one attached hydrogen (secondary N) is 1. The second kappa shape index (κ2) is 7.08. The lowest BCUT2D eigenvalue weighted by atomic mass is 9.98. The summed E-state index contributed by atoms with van der Waals surface area (Å²) in [4.78, 5) is 17.8. The van der Waals surface area contributed by atoms with Gasteiger partial charge in [-0.15, -0.1) is 0 Å². The van der Waals surface area contributed by atoms with Gasteiger partial charge in [-0.1, -0.05) is 18.5 Å². The van der Waals surface area contributed by atoms with E-state index in [1.54, 1.807) is 4.90 Å². The molecule has 1 N–H and O–H groups in total. The van der Waals surface area contributed by atoms with Crippen molar-refractivity contribution in [3.8, 4) is 0 Å². The van der Waals surface area contributed by atoms with Crippen molar-refractivity contribution in [1.29, 1.82) is 0 Å². The van der Waals surface area contributed by atoms with E-state index in [2.05, 4.69) is 22.4 Å². The van der Waals surface area contributed by atoms with E-state index < -0.39 is 9.84 Å². The minimum atomic E-state index is -3.23. The molecule has 0 radical (unpaired) electrons. The standard InChI is InChI=1S/C13H22N4O4S/c1-3-10-5-4-7-17(8-6-10)13(18)15-12-14-11(16-21-12)9-22(2,19)20/h10H,3-9H2,1-2H3,(H,14,15,16,18). The van der Waals surface area contributed by atoms with Crippen molar-refractivity contribution < 1.29 is 17.7 Å². The van der Waals surface area contributed by atoms with Gasteiger partial charge in [0.1, 0.15) is 5.75 Å². The summed E-state index contributed by atoms with van der Waals surface area (Å²) in [5, 5.41) is 6.08. The molecule has 1 unspecified atom stereocenters. The molecule has 1 aliphatic heterocycles. The summed E-state index contributed by atoms with van der Waals surface area (Å²) < 4.78 is 27.2. The van der Waals surface area contributed by atoms with E-state index in [0.29, 0.717) is 19.0 Å². The molecule has 8 nitrogen and oxygen atoms in total. The van der Waals surface area contributed by atoms with Crippen LogP contribution in [0.2, 0.25) is 0 Å². The van der Waals surface area contributed by atoms with Crippen molar-refractivity contribution in [2.24, 2.45) is 5.92 Å². The Morgan fingerprint density at radius 3 is 2.86 bits per heavy atom. The highest BCUT2D eigenvalue weighted by atomic mass is 32.2. The van der Waals surface area contributed by atoms with Crippen molar-refractivity contribution in [1.82, 2.24) is 15.0 Å². The summed E-state index contributed by atoms with van der Waals surface area (Å²) in [5.74, 6) is 0.399. The molecular weight excluding hydrogens is 308 g/mol. The van der Waals surface area contributed by atoms with E-state index in [4.69, 9.17) is 4.52 Å². The second-order valence-electron chi connectivity index (χ2n) is 5.71. The summed E-state index contributed by atoms with van der Waals surface area (Å²) in [7, 11) is -3.23. The molecule has 0 aliphatic carbocycles. The van der Waals surface area contributed by atoms with Crippen LogP contribution in [-0.4, -0.2) is 48.8 Å². The van der Waals surface area contributed by atoms with Crippen molar-refractivity contribution in [3.63, 3.8) is 0 Å². The van der Waals surface area contributed by atoms with Crippen LogP contribution >= 0.6 is 0 Å². The van der Waals surface area contributed by atoms with Gasteiger partial charge in [0, 0.05) is 19.3 Å². The van der Waals surface area contributed by atoms with Crippen LogP contribution in [0.25, 0.3) is 0 Å². The average molecular weight is 330 g/mol. The molecule has 2 amide bonds. The normalized spacial score (nSPS) is 19.7. The van der Waals surface area contributed by atoms with Gasteiger partial charge in [-0.25, -0.2) is 13.2 Å². The van der Waals surface area contributed by atoms with Gasteiger partial charge in [0.15, 0.2) is 15.7 Å². The van der Waals surface area contributed by atoms with E-state index in [1.807, 2.05) is 0 Å². The number of aromatic nitrogens is 2. The van der Waals surface area contributed by atoms with Crippen LogP contribution in [0.3, 0.4) is 0 Å². The highest BCUT2D eigenvalue weighted by molar-refractivity contribution is 7.89. The van der Waals surface area contributed by atoms with Crippen LogP contribution in [0.4, 0.5) is 10.8 Å². The maximum atomic E-state index is 12.2. The molecule has 22 heavy (non-hydrogen) atoms. The van der Waals surface area contributed by atoms with Crippen LogP contribution < -0.4 is 5.32 Å². The summed E-state index contributed by atoms with van der Waals surface area (Å²) in [5.41, 5.74) is 0. The van der Waals surface area contributed by atoms with Crippen LogP contribution in [0, 0.1) is 5.92 Å². The molecule has 9 heteroatoms. The number of likely N-dealkylation sites (tertiary alicyclic amines) is 1. The fourth-order valence-electron chi connectivity index (χ4n) is 2.55. The van der Waals surface area contributed by atoms with Gasteiger partial charge in [-0.05, 0) is 25.2 Å². The number of carbonyl (C=O) groups is 1. The van der Waals surface area contributed by atoms with Crippen LogP contribution in [0.1, 0.15) is 38.4 Å². The lowest BCUT2D eigenvalue weighted by Crippen LogP contribution is -2.35. The van der Waals surface area contributed by atoms with Gasteiger partial charge in [0.05, 0.1) is 0 Å². The number of urea groups is 1. The summed E-state index contributed by atoms with van der Waals surface area (Å²) in [6.45, 7) is 3.57. The van der Waals surface area contributed by atoms with Crippen LogP contribution in [0.15, 0.2) is 4.52 Å². The molecule has 0 aromatic carbocycles. The summed E-state index contributed by atoms with van der Waals surface area (Å²) in [6, 6.07) is -0.355. The third-order valence-electron chi connectivity index (χ3n) is 3.79. The van der Waals surface area contributed by atoms with Gasteiger partial charge >= 0.3 is 12.0 Å². The Labute approximate surface area is 130 Å². The zero-order chi connectivity index (χ0) is 16.2. The molecule has 1 aromatic heterocycles. The van der Waals surface area contributed by atoms with E-state index in [-0.39, 0.29) is 23.6 Å². The number of sulfone groups is 1. The van der Waals surface area contributed by atoms with Crippen molar-refractivity contribution >= 4 is 21.9 Å². The highest BCUT2D eigenvalue weighted by Crippen LogP contribution is 2.20. The molecule has 2 rings (SSSR count). The third kappa shape index (κ3) is 4.97. The minimum Gasteiger partial charge on any atom is -0.324 e. The monoisotopic (exact) mass is 330 g/mol. The number of nitrogens with zero attached hydrogens (tertiary/aromatic N) is 3. The third-order valence-corrected chi connectivity index (χ3v) is 4.57. The van der Waals surface area contributed by atoms with Crippen LogP contribution in [0.5, 0.6) is 0 Å². The molecule has 1 fully saturated rings. The molecule has 1 saturated heterocycles. The second-order valence-corrected chi connectivity index (χ2v) is 7.85.